The van der Waals surface area contributed by atoms with Crippen LogP contribution in [0.5, 0.6) is 0 Å². The Morgan fingerprint density at radius 1 is 1.25 bits per heavy atom. The Hall–Kier alpha value is -0.505. The van der Waals surface area contributed by atoms with Gasteiger partial charge in [0.2, 0.25) is 0 Å². The zero-order valence-corrected chi connectivity index (χ0v) is 11.3. The molecule has 0 radical (unpaired) electrons. The molecule has 4 heteroatoms. The summed E-state index contributed by atoms with van der Waals surface area (Å²) in [7, 11) is 1.88. The molecule has 0 aromatic heterocycles. The van der Waals surface area contributed by atoms with Crippen molar-refractivity contribution in [2.24, 2.45) is 0 Å². The molecule has 16 heavy (non-hydrogen) atoms. The third-order valence-corrected chi connectivity index (χ3v) is 3.47. The summed E-state index contributed by atoms with van der Waals surface area (Å²) in [4.78, 5) is 13.6. The lowest BCUT2D eigenvalue weighted by Gasteiger charge is -2.28. The van der Waals surface area contributed by atoms with Crippen molar-refractivity contribution in [3.8, 4) is 0 Å². The largest absolute Gasteiger partial charge is 0.481 e. The molecule has 0 aliphatic carbocycles. The highest BCUT2D eigenvalue weighted by Crippen LogP contribution is 2.33. The van der Waals surface area contributed by atoms with Crippen LogP contribution in [0.25, 0.3) is 0 Å². The lowest BCUT2D eigenvalue weighted by Crippen LogP contribution is -2.31. The molecule has 94 valence electrons. The fourth-order valence-electron chi connectivity index (χ4n) is 1.85. The van der Waals surface area contributed by atoms with E-state index in [-0.39, 0.29) is 0 Å². The monoisotopic (exact) mass is 227 g/mol. The maximum absolute atomic E-state index is 11.3. The molecule has 0 aliphatic heterocycles. The normalized spacial score (nSPS) is 15.0. The van der Waals surface area contributed by atoms with Crippen LogP contribution in [-0.4, -0.2) is 43.5 Å². The van der Waals surface area contributed by atoms with Crippen molar-refractivity contribution in [1.29, 1.82) is 0 Å². The van der Waals surface area contributed by atoms with E-state index in [2.05, 4.69) is 25.7 Å². The van der Waals surface area contributed by atoms with Crippen molar-refractivity contribution in [3.05, 3.63) is 0 Å². The lowest BCUT2D eigenvalue weighted by molar-refractivity contribution is -0.141. The van der Waals surface area contributed by atoms with E-state index < -0.39 is 11.3 Å². The number of unbranched alkanes of at least 4 members (excludes halogenated alkanes) is 1. The first-order valence-electron chi connectivity index (χ1n) is 6.45. The SMILES string of the molecule is BC(CCCC)(CCN(CC)CC)C(=O)O. The molecule has 0 saturated carbocycles. The number of aliphatic carboxylic acids is 1. The molecule has 0 amide bonds. The van der Waals surface area contributed by atoms with Gasteiger partial charge in [0.15, 0.2) is 0 Å². The van der Waals surface area contributed by atoms with Crippen LogP contribution in [0.15, 0.2) is 0 Å². The first-order chi connectivity index (χ1) is 7.50. The number of carbonyl (C=O) groups is 1. The van der Waals surface area contributed by atoms with Crippen molar-refractivity contribution in [3.63, 3.8) is 0 Å². The van der Waals surface area contributed by atoms with E-state index in [0.717, 1.165) is 45.3 Å². The van der Waals surface area contributed by atoms with Crippen molar-refractivity contribution in [1.82, 2.24) is 4.90 Å². The first kappa shape index (κ1) is 15.5. The topological polar surface area (TPSA) is 40.5 Å². The summed E-state index contributed by atoms with van der Waals surface area (Å²) < 4.78 is 0. The fraction of sp³-hybridized carbons (Fsp3) is 0.917. The third kappa shape index (κ3) is 5.02. The van der Waals surface area contributed by atoms with Gasteiger partial charge in [0.05, 0.1) is 0 Å². The molecule has 0 aliphatic rings. The lowest BCUT2D eigenvalue weighted by atomic mass is 9.63. The zero-order chi connectivity index (χ0) is 12.6. The molecule has 1 unspecified atom stereocenters. The van der Waals surface area contributed by atoms with E-state index in [1.54, 1.807) is 0 Å². The summed E-state index contributed by atoms with van der Waals surface area (Å²) in [5.41, 5.74) is 0. The standard InChI is InChI=1S/C12H26BNO2/c1-4-7-8-12(13,11(15)16)9-10-14(5-2)6-3/h4-10,13H2,1-3H3,(H,15,16). The van der Waals surface area contributed by atoms with E-state index in [4.69, 9.17) is 0 Å². The minimum atomic E-state index is -0.645. The number of nitrogens with zero attached hydrogens (tertiary/aromatic N) is 1. The molecule has 0 rings (SSSR count). The second kappa shape index (κ2) is 7.72. The van der Waals surface area contributed by atoms with Gasteiger partial charge in [0.25, 0.3) is 0 Å². The van der Waals surface area contributed by atoms with Gasteiger partial charge < -0.3 is 10.0 Å². The van der Waals surface area contributed by atoms with Crippen LogP contribution in [-0.2, 0) is 4.79 Å². The van der Waals surface area contributed by atoms with Crippen LogP contribution in [0, 0.1) is 0 Å². The van der Waals surface area contributed by atoms with Crippen molar-refractivity contribution >= 4 is 13.8 Å². The third-order valence-electron chi connectivity index (χ3n) is 3.47. The number of carboxylic acids is 1. The number of rotatable bonds is 9. The molecule has 0 aromatic rings. The first-order valence-corrected chi connectivity index (χ1v) is 6.45. The molecular formula is C12H26BNO2. The van der Waals surface area contributed by atoms with Gasteiger partial charge in [0, 0.05) is 5.31 Å². The van der Waals surface area contributed by atoms with Gasteiger partial charge in [-0.05, 0) is 32.5 Å². The summed E-state index contributed by atoms with van der Waals surface area (Å²) in [5, 5.41) is 8.76. The summed E-state index contributed by atoms with van der Waals surface area (Å²) in [5.74, 6) is -0.645. The molecule has 0 aromatic carbocycles. The van der Waals surface area contributed by atoms with Crippen LogP contribution in [0.2, 0.25) is 5.31 Å². The highest BCUT2D eigenvalue weighted by molar-refractivity contribution is 6.26. The Balaban J connectivity index is 4.26. The van der Waals surface area contributed by atoms with E-state index in [1.165, 1.54) is 0 Å². The summed E-state index contributed by atoms with van der Waals surface area (Å²) in [6, 6.07) is 0. The second-order valence-corrected chi connectivity index (χ2v) is 4.75. The Bertz CT molecular complexity index is 207. The van der Waals surface area contributed by atoms with Gasteiger partial charge >= 0.3 is 5.97 Å². The molecule has 3 nitrogen and oxygen atoms in total. The van der Waals surface area contributed by atoms with E-state index in [1.807, 2.05) is 7.85 Å². The van der Waals surface area contributed by atoms with Gasteiger partial charge in [-0.3, -0.25) is 4.79 Å². The van der Waals surface area contributed by atoms with Gasteiger partial charge in [0.1, 0.15) is 7.85 Å². The molecule has 0 spiro atoms. The average Bonchev–Trinajstić information content (AvgIpc) is 2.27. The fourth-order valence-corrected chi connectivity index (χ4v) is 1.85. The van der Waals surface area contributed by atoms with Crippen LogP contribution in [0.3, 0.4) is 0 Å². The van der Waals surface area contributed by atoms with Crippen molar-refractivity contribution in [2.45, 2.75) is 51.8 Å². The molecular weight excluding hydrogens is 201 g/mol. The molecule has 0 fully saturated rings. The molecule has 0 saturated heterocycles. The molecule has 1 atom stereocenters. The van der Waals surface area contributed by atoms with Crippen LogP contribution in [0.1, 0.15) is 46.5 Å². The summed E-state index contributed by atoms with van der Waals surface area (Å²) in [6.45, 7) is 9.23. The van der Waals surface area contributed by atoms with Crippen molar-refractivity contribution in [2.75, 3.05) is 19.6 Å². The highest BCUT2D eigenvalue weighted by Gasteiger charge is 2.32. The minimum absolute atomic E-state index is 0.543. The van der Waals surface area contributed by atoms with E-state index in [9.17, 15) is 9.90 Å². The average molecular weight is 227 g/mol. The van der Waals surface area contributed by atoms with Gasteiger partial charge in [-0.2, -0.15) is 0 Å². The number of carboxylic acid groups (broad SMARTS) is 1. The number of hydrogen-bond acceptors (Lipinski definition) is 2. The maximum atomic E-state index is 11.3. The quantitative estimate of drug-likeness (QED) is 0.610. The predicted octanol–water partition coefficient (Wildman–Crippen LogP) is 1.78. The Kier molecular flexibility index (Phi) is 7.47. The highest BCUT2D eigenvalue weighted by atomic mass is 16.4. The van der Waals surface area contributed by atoms with Gasteiger partial charge in [-0.25, -0.2) is 0 Å². The zero-order valence-electron chi connectivity index (χ0n) is 11.3. The van der Waals surface area contributed by atoms with E-state index >= 15 is 0 Å². The summed E-state index contributed by atoms with van der Waals surface area (Å²) in [6.07, 6.45) is 3.61. The Morgan fingerprint density at radius 2 is 1.81 bits per heavy atom. The van der Waals surface area contributed by atoms with Crippen LogP contribution >= 0.6 is 0 Å². The second-order valence-electron chi connectivity index (χ2n) is 4.75. The maximum Gasteiger partial charge on any atom is 0.301 e. The van der Waals surface area contributed by atoms with Crippen LogP contribution < -0.4 is 0 Å². The number of hydrogen-bond donors (Lipinski definition) is 1. The smallest absolute Gasteiger partial charge is 0.301 e. The van der Waals surface area contributed by atoms with E-state index in [0.29, 0.717) is 0 Å². The minimum Gasteiger partial charge on any atom is -0.481 e. The Morgan fingerprint density at radius 3 is 2.19 bits per heavy atom. The van der Waals surface area contributed by atoms with Crippen molar-refractivity contribution < 1.29 is 9.90 Å². The van der Waals surface area contributed by atoms with Gasteiger partial charge in [-0.15, -0.1) is 0 Å². The van der Waals surface area contributed by atoms with Crippen LogP contribution in [0.4, 0.5) is 0 Å². The summed E-state index contributed by atoms with van der Waals surface area (Å²) >= 11 is 0. The molecule has 0 bridgehead atoms. The Labute approximate surface area is 101 Å². The molecule has 1 N–H and O–H groups in total. The molecule has 0 heterocycles. The predicted molar refractivity (Wildman–Crippen MR) is 70.8 cm³/mol. The van der Waals surface area contributed by atoms with Gasteiger partial charge in [-0.1, -0.05) is 33.6 Å².